The largest absolute Gasteiger partial charge is 0.481 e. The van der Waals surface area contributed by atoms with E-state index in [9.17, 15) is 4.79 Å². The van der Waals surface area contributed by atoms with Gasteiger partial charge in [-0.1, -0.05) is 25.3 Å². The molecule has 0 radical (unpaired) electrons. The third-order valence-electron chi connectivity index (χ3n) is 2.91. The van der Waals surface area contributed by atoms with Gasteiger partial charge in [-0.3, -0.25) is 9.78 Å². The monoisotopic (exact) mass is 236 g/mol. The molecule has 0 bridgehead atoms. The van der Waals surface area contributed by atoms with Gasteiger partial charge in [-0.05, 0) is 24.5 Å². The van der Waals surface area contributed by atoms with E-state index >= 15 is 0 Å². The fraction of sp³-hybridized carbons (Fsp3) is 0.538. The molecule has 3 N–H and O–H groups in total. The minimum absolute atomic E-state index is 0.0289. The van der Waals surface area contributed by atoms with Gasteiger partial charge >= 0.3 is 5.97 Å². The molecule has 2 rings (SSSR count). The van der Waals surface area contributed by atoms with Crippen LogP contribution in [0.2, 0.25) is 0 Å². The fourth-order valence-electron chi connectivity index (χ4n) is 1.87. The van der Waals surface area contributed by atoms with E-state index < -0.39 is 5.97 Å². The van der Waals surface area contributed by atoms with Gasteiger partial charge in [0.2, 0.25) is 0 Å². The van der Waals surface area contributed by atoms with E-state index in [4.69, 9.17) is 10.8 Å². The van der Waals surface area contributed by atoms with Gasteiger partial charge in [0, 0.05) is 18.9 Å². The van der Waals surface area contributed by atoms with Gasteiger partial charge in [0.1, 0.15) is 0 Å². The molecular formula is C13H20N2O2. The summed E-state index contributed by atoms with van der Waals surface area (Å²) in [6.07, 6.45) is 8.74. The topological polar surface area (TPSA) is 76.2 Å². The van der Waals surface area contributed by atoms with E-state index in [1.165, 1.54) is 6.42 Å². The van der Waals surface area contributed by atoms with Gasteiger partial charge in [-0.2, -0.15) is 0 Å². The Morgan fingerprint density at radius 2 is 2.12 bits per heavy atom. The SMILES string of the molecule is NCc1cccnc1.O=C(O)C1CCCCC1. The van der Waals surface area contributed by atoms with Crippen LogP contribution in [0.5, 0.6) is 0 Å². The highest BCUT2D eigenvalue weighted by Gasteiger charge is 2.19. The number of carbonyl (C=O) groups is 1. The van der Waals surface area contributed by atoms with Crippen LogP contribution in [0.4, 0.5) is 0 Å². The Morgan fingerprint density at radius 3 is 2.47 bits per heavy atom. The third kappa shape index (κ3) is 5.45. The van der Waals surface area contributed by atoms with Crippen LogP contribution in [0.15, 0.2) is 24.5 Å². The average Bonchev–Trinajstić information content (AvgIpc) is 2.41. The molecule has 1 fully saturated rings. The number of aromatic nitrogens is 1. The Morgan fingerprint density at radius 1 is 1.41 bits per heavy atom. The van der Waals surface area contributed by atoms with Crippen molar-refractivity contribution in [3.05, 3.63) is 30.1 Å². The summed E-state index contributed by atoms with van der Waals surface area (Å²) in [7, 11) is 0. The van der Waals surface area contributed by atoms with Gasteiger partial charge in [0.15, 0.2) is 0 Å². The summed E-state index contributed by atoms with van der Waals surface area (Å²) in [5.74, 6) is -0.631. The van der Waals surface area contributed by atoms with Crippen LogP contribution in [-0.4, -0.2) is 16.1 Å². The summed E-state index contributed by atoms with van der Waals surface area (Å²) < 4.78 is 0. The van der Waals surface area contributed by atoms with E-state index in [1.807, 2.05) is 12.1 Å². The highest BCUT2D eigenvalue weighted by Crippen LogP contribution is 2.23. The van der Waals surface area contributed by atoms with Crippen molar-refractivity contribution in [3.63, 3.8) is 0 Å². The molecule has 0 spiro atoms. The quantitative estimate of drug-likeness (QED) is 0.825. The lowest BCUT2D eigenvalue weighted by Gasteiger charge is -2.16. The second kappa shape index (κ2) is 7.79. The minimum atomic E-state index is -0.602. The predicted molar refractivity (Wildman–Crippen MR) is 66.3 cm³/mol. The molecule has 1 aliphatic carbocycles. The van der Waals surface area contributed by atoms with Crippen LogP contribution in [0, 0.1) is 5.92 Å². The molecular weight excluding hydrogens is 216 g/mol. The number of carboxylic acid groups (broad SMARTS) is 1. The molecule has 1 aliphatic rings. The Balaban J connectivity index is 0.000000171. The number of nitrogens with zero attached hydrogens (tertiary/aromatic N) is 1. The van der Waals surface area contributed by atoms with Crippen LogP contribution in [0.25, 0.3) is 0 Å². The highest BCUT2D eigenvalue weighted by molar-refractivity contribution is 5.69. The second-order valence-corrected chi connectivity index (χ2v) is 4.24. The van der Waals surface area contributed by atoms with Crippen LogP contribution in [-0.2, 0) is 11.3 Å². The molecule has 1 saturated carbocycles. The van der Waals surface area contributed by atoms with Gasteiger partial charge in [-0.25, -0.2) is 0 Å². The molecule has 0 unspecified atom stereocenters. The first-order valence-corrected chi connectivity index (χ1v) is 6.06. The van der Waals surface area contributed by atoms with Crippen molar-refractivity contribution < 1.29 is 9.90 Å². The Hall–Kier alpha value is -1.42. The summed E-state index contributed by atoms with van der Waals surface area (Å²) >= 11 is 0. The summed E-state index contributed by atoms with van der Waals surface area (Å²) in [5.41, 5.74) is 6.39. The fourth-order valence-corrected chi connectivity index (χ4v) is 1.87. The lowest BCUT2D eigenvalue weighted by atomic mass is 9.90. The number of rotatable bonds is 2. The zero-order valence-corrected chi connectivity index (χ0v) is 10.0. The zero-order valence-electron chi connectivity index (χ0n) is 10.0. The maximum atomic E-state index is 10.4. The maximum Gasteiger partial charge on any atom is 0.306 e. The average molecular weight is 236 g/mol. The minimum Gasteiger partial charge on any atom is -0.481 e. The molecule has 0 amide bonds. The van der Waals surface area contributed by atoms with Crippen molar-refractivity contribution >= 4 is 5.97 Å². The maximum absolute atomic E-state index is 10.4. The molecule has 1 heterocycles. The van der Waals surface area contributed by atoms with Gasteiger partial charge in [-0.15, -0.1) is 0 Å². The highest BCUT2D eigenvalue weighted by atomic mass is 16.4. The van der Waals surface area contributed by atoms with Gasteiger partial charge < -0.3 is 10.8 Å². The summed E-state index contributed by atoms with van der Waals surface area (Å²) in [6.45, 7) is 0.577. The Labute approximate surface area is 102 Å². The van der Waals surface area contributed by atoms with Crippen molar-refractivity contribution in [1.29, 1.82) is 0 Å². The van der Waals surface area contributed by atoms with Crippen LogP contribution < -0.4 is 5.73 Å². The summed E-state index contributed by atoms with van der Waals surface area (Å²) in [5, 5.41) is 8.54. The van der Waals surface area contributed by atoms with E-state index in [0.29, 0.717) is 6.54 Å². The second-order valence-electron chi connectivity index (χ2n) is 4.24. The number of pyridine rings is 1. The van der Waals surface area contributed by atoms with Crippen molar-refractivity contribution in [2.45, 2.75) is 38.6 Å². The van der Waals surface area contributed by atoms with Crippen LogP contribution in [0.1, 0.15) is 37.7 Å². The van der Waals surface area contributed by atoms with Crippen LogP contribution >= 0.6 is 0 Å². The molecule has 0 atom stereocenters. The number of hydrogen-bond donors (Lipinski definition) is 2. The first-order chi connectivity index (χ1) is 8.24. The normalized spacial score (nSPS) is 15.8. The molecule has 0 aromatic carbocycles. The zero-order chi connectivity index (χ0) is 12.5. The predicted octanol–water partition coefficient (Wildman–Crippen LogP) is 2.19. The summed E-state index contributed by atoms with van der Waals surface area (Å²) in [6, 6.07) is 3.83. The van der Waals surface area contributed by atoms with Gasteiger partial charge in [0.25, 0.3) is 0 Å². The van der Waals surface area contributed by atoms with Gasteiger partial charge in [0.05, 0.1) is 5.92 Å². The molecule has 17 heavy (non-hydrogen) atoms. The molecule has 0 aliphatic heterocycles. The summed E-state index contributed by atoms with van der Waals surface area (Å²) in [4.78, 5) is 14.2. The first kappa shape index (κ1) is 13.6. The van der Waals surface area contributed by atoms with E-state index in [1.54, 1.807) is 12.4 Å². The number of aliphatic carboxylic acids is 1. The molecule has 4 nitrogen and oxygen atoms in total. The van der Waals surface area contributed by atoms with Crippen LogP contribution in [0.3, 0.4) is 0 Å². The first-order valence-electron chi connectivity index (χ1n) is 6.06. The smallest absolute Gasteiger partial charge is 0.306 e. The molecule has 1 aromatic heterocycles. The van der Waals surface area contributed by atoms with E-state index in [0.717, 1.165) is 31.2 Å². The third-order valence-corrected chi connectivity index (χ3v) is 2.91. The lowest BCUT2D eigenvalue weighted by Crippen LogP contribution is -2.16. The van der Waals surface area contributed by atoms with E-state index in [-0.39, 0.29) is 5.92 Å². The van der Waals surface area contributed by atoms with E-state index in [2.05, 4.69) is 4.98 Å². The standard InChI is InChI=1S/C7H12O2.C6H8N2/c8-7(9)6-4-2-1-3-5-6;7-4-6-2-1-3-8-5-6/h6H,1-5H2,(H,8,9);1-3,5H,4,7H2. The number of hydrogen-bond acceptors (Lipinski definition) is 3. The Bertz CT molecular complexity index is 321. The van der Waals surface area contributed by atoms with Crippen molar-refractivity contribution in [3.8, 4) is 0 Å². The number of carboxylic acids is 1. The molecule has 0 saturated heterocycles. The lowest BCUT2D eigenvalue weighted by molar-refractivity contribution is -0.142. The van der Waals surface area contributed by atoms with Crippen molar-refractivity contribution in [2.24, 2.45) is 11.7 Å². The van der Waals surface area contributed by atoms with Crippen molar-refractivity contribution in [1.82, 2.24) is 4.98 Å². The molecule has 4 heteroatoms. The van der Waals surface area contributed by atoms with Crippen molar-refractivity contribution in [2.75, 3.05) is 0 Å². The molecule has 94 valence electrons. The Kier molecular flexibility index (Phi) is 6.25. The number of nitrogens with two attached hydrogens (primary N) is 1. The molecule has 1 aromatic rings.